The molecule has 3 amide bonds. The second-order valence-corrected chi connectivity index (χ2v) is 11.2. The number of aromatic nitrogens is 3. The minimum absolute atomic E-state index is 0.151. The molecule has 0 saturated carbocycles. The number of benzene rings is 1. The summed E-state index contributed by atoms with van der Waals surface area (Å²) in [6.07, 6.45) is 1.20. The van der Waals surface area contributed by atoms with E-state index in [0.717, 1.165) is 0 Å². The van der Waals surface area contributed by atoms with E-state index in [1.807, 2.05) is 20.8 Å². The van der Waals surface area contributed by atoms with Crippen LogP contribution in [-0.2, 0) is 5.41 Å². The molecule has 182 valence electrons. The lowest BCUT2D eigenvalue weighted by Gasteiger charge is -2.14. The number of urea groups is 1. The molecule has 0 unspecified atom stereocenters. The number of nitriles is 3. The molecule has 3 N–H and O–H groups in total. The summed E-state index contributed by atoms with van der Waals surface area (Å²) in [6, 6.07) is 7.34. The third-order valence-electron chi connectivity index (χ3n) is 4.51. The number of carbonyl (C=O) groups excluding carboxylic acids is 2. The molecule has 0 atom stereocenters. The highest BCUT2D eigenvalue weighted by Crippen LogP contribution is 2.50. The summed E-state index contributed by atoms with van der Waals surface area (Å²) in [5.74, 6) is 0.234. The molecule has 14 heteroatoms. The van der Waals surface area contributed by atoms with E-state index >= 15 is 0 Å². The van der Waals surface area contributed by atoms with E-state index in [0.29, 0.717) is 17.1 Å². The Bertz CT molecular complexity index is 1410. The quantitative estimate of drug-likeness (QED) is 0.280. The molecule has 1 aromatic carbocycles. The summed E-state index contributed by atoms with van der Waals surface area (Å²) in [7, 11) is -3.24. The standard InChI is InChI=1S/C22H18BrN9O3S/c1-22(2,3)16-8-17(32-35-16)30-20(34)29-14-6-4-13(5-7-14)28-19(33)18-15(23)9-27-21(31-18)36(10-24,11-25)12-26/h4-9H,1-3H3,(H,28,33)(H2,29,30,32,34). The van der Waals surface area contributed by atoms with Gasteiger partial charge in [-0.25, -0.2) is 14.8 Å². The number of hydrogen-bond acceptors (Lipinski definition) is 9. The number of rotatable bonds is 5. The third-order valence-corrected chi connectivity index (χ3v) is 6.66. The summed E-state index contributed by atoms with van der Waals surface area (Å²) in [5.41, 5.74) is 0.421. The molecule has 0 saturated heterocycles. The molecule has 3 rings (SSSR count). The predicted octanol–water partition coefficient (Wildman–Crippen LogP) is 5.03. The highest BCUT2D eigenvalue weighted by molar-refractivity contribution is 9.10. The van der Waals surface area contributed by atoms with Crippen LogP contribution in [0.25, 0.3) is 0 Å². The molecule has 2 heterocycles. The zero-order chi connectivity index (χ0) is 26.5. The van der Waals surface area contributed by atoms with Gasteiger partial charge in [-0.2, -0.15) is 15.8 Å². The van der Waals surface area contributed by atoms with Crippen molar-refractivity contribution in [3.8, 4) is 16.2 Å². The van der Waals surface area contributed by atoms with Gasteiger partial charge < -0.3 is 15.2 Å². The van der Waals surface area contributed by atoms with Crippen molar-refractivity contribution in [2.75, 3.05) is 16.0 Å². The Kier molecular flexibility index (Phi) is 7.59. The fourth-order valence-corrected chi connectivity index (χ4v) is 3.81. The van der Waals surface area contributed by atoms with Crippen LogP contribution in [0.2, 0.25) is 0 Å². The average molecular weight is 568 g/mol. The molecule has 2 aromatic heterocycles. The number of halogens is 1. The van der Waals surface area contributed by atoms with E-state index in [9.17, 15) is 25.4 Å². The van der Waals surface area contributed by atoms with Gasteiger partial charge in [0.1, 0.15) is 27.7 Å². The van der Waals surface area contributed by atoms with Crippen molar-refractivity contribution >= 4 is 55.1 Å². The zero-order valence-electron chi connectivity index (χ0n) is 19.2. The van der Waals surface area contributed by atoms with Crippen LogP contribution in [0.4, 0.5) is 22.0 Å². The Morgan fingerprint density at radius 3 is 2.11 bits per heavy atom. The van der Waals surface area contributed by atoms with E-state index in [1.54, 1.807) is 46.5 Å². The van der Waals surface area contributed by atoms with Gasteiger partial charge in [0.15, 0.2) is 5.82 Å². The highest BCUT2D eigenvalue weighted by Gasteiger charge is 2.31. The predicted molar refractivity (Wildman–Crippen MR) is 135 cm³/mol. The molecule has 0 bridgehead atoms. The second-order valence-electron chi connectivity index (χ2n) is 8.17. The van der Waals surface area contributed by atoms with E-state index in [2.05, 4.69) is 47.0 Å². The third kappa shape index (κ3) is 5.78. The van der Waals surface area contributed by atoms with Gasteiger partial charge in [-0.05, 0) is 40.2 Å². The summed E-state index contributed by atoms with van der Waals surface area (Å²) in [4.78, 5) is 32.9. The molecule has 0 aliphatic rings. The first-order valence-corrected chi connectivity index (χ1v) is 12.5. The van der Waals surface area contributed by atoms with Gasteiger partial charge in [-0.1, -0.05) is 25.9 Å². The number of nitrogens with zero attached hydrogens (tertiary/aromatic N) is 6. The molecule has 0 aliphatic carbocycles. The Morgan fingerprint density at radius 1 is 1.00 bits per heavy atom. The van der Waals surface area contributed by atoms with Crippen LogP contribution in [-0.4, -0.2) is 27.1 Å². The lowest BCUT2D eigenvalue weighted by molar-refractivity contribution is 0.102. The van der Waals surface area contributed by atoms with Gasteiger partial charge in [0.25, 0.3) is 5.91 Å². The molecule has 3 aromatic rings. The first-order chi connectivity index (χ1) is 17.0. The Morgan fingerprint density at radius 2 is 1.58 bits per heavy atom. The molecule has 0 spiro atoms. The fraction of sp³-hybridized carbons (Fsp3) is 0.182. The van der Waals surface area contributed by atoms with E-state index in [1.165, 1.54) is 6.20 Å². The van der Waals surface area contributed by atoms with Crippen LogP contribution in [0.3, 0.4) is 0 Å². The maximum absolute atomic E-state index is 12.8. The molecule has 0 radical (unpaired) electrons. The Hall–Kier alpha value is -4.45. The minimum atomic E-state index is -3.24. The van der Waals surface area contributed by atoms with E-state index in [-0.39, 0.29) is 26.6 Å². The molecular weight excluding hydrogens is 550 g/mol. The largest absolute Gasteiger partial charge is 0.359 e. The molecule has 12 nitrogen and oxygen atoms in total. The number of carbonyl (C=O) groups is 2. The highest BCUT2D eigenvalue weighted by atomic mass is 79.9. The van der Waals surface area contributed by atoms with Gasteiger partial charge in [-0.3, -0.25) is 10.1 Å². The van der Waals surface area contributed by atoms with Crippen molar-refractivity contribution in [2.24, 2.45) is 0 Å². The van der Waals surface area contributed by atoms with Gasteiger partial charge >= 0.3 is 6.03 Å². The summed E-state index contributed by atoms with van der Waals surface area (Å²) in [5, 5.41) is 44.1. The Balaban J connectivity index is 1.67. The second kappa shape index (κ2) is 10.4. The number of nitrogens with one attached hydrogen (secondary N) is 3. The molecular formula is C22H18BrN9O3S. The fourth-order valence-electron chi connectivity index (χ4n) is 2.63. The van der Waals surface area contributed by atoms with Crippen LogP contribution < -0.4 is 16.0 Å². The molecule has 0 aliphatic heterocycles. The van der Waals surface area contributed by atoms with Crippen molar-refractivity contribution in [3.63, 3.8) is 0 Å². The van der Waals surface area contributed by atoms with Crippen molar-refractivity contribution in [3.05, 3.63) is 52.5 Å². The average Bonchev–Trinajstić information content (AvgIpc) is 3.31. The van der Waals surface area contributed by atoms with Gasteiger partial charge in [0.05, 0.1) is 14.5 Å². The van der Waals surface area contributed by atoms with Crippen molar-refractivity contribution in [1.29, 1.82) is 15.8 Å². The van der Waals surface area contributed by atoms with Gasteiger partial charge in [0, 0.05) is 29.1 Å². The lowest BCUT2D eigenvalue weighted by Crippen LogP contribution is -2.20. The van der Waals surface area contributed by atoms with Gasteiger partial charge in [-0.15, -0.1) is 0 Å². The number of thiocyanates is 3. The SMILES string of the molecule is CC(C)(C)c1cc(NC(=O)Nc2ccc(NC(=O)c3nc(S(C#N)(C#N)C#N)ncc3Br)cc2)no1. The van der Waals surface area contributed by atoms with Crippen molar-refractivity contribution < 1.29 is 14.1 Å². The van der Waals surface area contributed by atoms with E-state index < -0.39 is 22.0 Å². The monoisotopic (exact) mass is 567 g/mol. The minimum Gasteiger partial charge on any atom is -0.359 e. The van der Waals surface area contributed by atoms with Crippen LogP contribution in [0.1, 0.15) is 37.0 Å². The Labute approximate surface area is 215 Å². The van der Waals surface area contributed by atoms with Crippen molar-refractivity contribution in [1.82, 2.24) is 15.1 Å². The first kappa shape index (κ1) is 26.2. The van der Waals surface area contributed by atoms with Crippen molar-refractivity contribution in [2.45, 2.75) is 31.3 Å². The summed E-state index contributed by atoms with van der Waals surface area (Å²) in [6.45, 7) is 5.87. The topological polar surface area (TPSA) is 193 Å². The smallest absolute Gasteiger partial charge is 0.324 e. The zero-order valence-corrected chi connectivity index (χ0v) is 21.6. The van der Waals surface area contributed by atoms with Crippen LogP contribution in [0.5, 0.6) is 0 Å². The number of amides is 3. The van der Waals surface area contributed by atoms with Gasteiger partial charge in [0.2, 0.25) is 5.16 Å². The van der Waals surface area contributed by atoms with Crippen LogP contribution in [0, 0.1) is 32.0 Å². The lowest BCUT2D eigenvalue weighted by atomic mass is 9.93. The molecule has 0 fully saturated rings. The number of anilines is 3. The van der Waals surface area contributed by atoms with Crippen LogP contribution in [0.15, 0.2) is 50.7 Å². The number of hydrogen-bond donors (Lipinski definition) is 3. The van der Waals surface area contributed by atoms with E-state index in [4.69, 9.17) is 4.52 Å². The summed E-state index contributed by atoms with van der Waals surface area (Å²) >= 11 is 3.16. The summed E-state index contributed by atoms with van der Waals surface area (Å²) < 4.78 is 5.44. The van der Waals surface area contributed by atoms with Crippen LogP contribution >= 0.6 is 26.0 Å². The normalized spacial score (nSPS) is 11.4. The first-order valence-electron chi connectivity index (χ1n) is 10.1. The molecule has 36 heavy (non-hydrogen) atoms. The maximum atomic E-state index is 12.8. The maximum Gasteiger partial charge on any atom is 0.324 e.